The molecule has 0 spiro atoms. The average Bonchev–Trinajstić information content (AvgIpc) is 3.12. The summed E-state index contributed by atoms with van der Waals surface area (Å²) in [7, 11) is 3.59. The van der Waals surface area contributed by atoms with Crippen LogP contribution >= 0.6 is 11.3 Å². The number of para-hydroxylation sites is 1. The predicted molar refractivity (Wildman–Crippen MR) is 120 cm³/mol. The van der Waals surface area contributed by atoms with Crippen LogP contribution in [0.4, 0.5) is 5.69 Å². The Labute approximate surface area is 176 Å². The lowest BCUT2D eigenvalue weighted by Gasteiger charge is -2.17. The number of anilines is 1. The minimum Gasteiger partial charge on any atom is -0.496 e. The lowest BCUT2D eigenvalue weighted by molar-refractivity contribution is -0.117. The molecule has 0 aliphatic heterocycles. The third kappa shape index (κ3) is 5.22. The minimum absolute atomic E-state index is 0.0252. The number of hydrogen-bond donors (Lipinski definition) is 1. The van der Waals surface area contributed by atoms with E-state index in [0.717, 1.165) is 38.8 Å². The maximum Gasteiger partial charge on any atom is 0.238 e. The number of carbonyl (C=O) groups is 1. The predicted octanol–water partition coefficient (Wildman–Crippen LogP) is 4.81. The first kappa shape index (κ1) is 21.0. The Bertz CT molecular complexity index is 990. The Morgan fingerprint density at radius 2 is 1.86 bits per heavy atom. The van der Waals surface area contributed by atoms with Crippen molar-refractivity contribution in [1.82, 2.24) is 9.88 Å². The number of aromatic nitrogens is 1. The van der Waals surface area contributed by atoms with Crippen LogP contribution in [0.25, 0.3) is 10.6 Å². The number of thiazole rings is 1. The first-order chi connectivity index (χ1) is 13.9. The molecule has 0 aliphatic rings. The number of ether oxygens (including phenoxy) is 1. The van der Waals surface area contributed by atoms with Crippen molar-refractivity contribution < 1.29 is 9.53 Å². The van der Waals surface area contributed by atoms with Gasteiger partial charge in [-0.05, 0) is 51.1 Å². The molecule has 3 aromatic rings. The molecule has 0 fully saturated rings. The zero-order valence-corrected chi connectivity index (χ0v) is 18.4. The van der Waals surface area contributed by atoms with Crippen LogP contribution < -0.4 is 10.1 Å². The molecule has 0 aliphatic carbocycles. The van der Waals surface area contributed by atoms with Crippen molar-refractivity contribution in [2.45, 2.75) is 27.3 Å². The summed E-state index contributed by atoms with van der Waals surface area (Å²) in [5.74, 6) is 0.785. The molecule has 0 saturated heterocycles. The van der Waals surface area contributed by atoms with E-state index < -0.39 is 0 Å². The first-order valence-electron chi connectivity index (χ1n) is 9.51. The number of hydrogen-bond acceptors (Lipinski definition) is 5. The molecule has 2 aromatic carbocycles. The molecule has 1 heterocycles. The summed E-state index contributed by atoms with van der Waals surface area (Å²) >= 11 is 1.58. The SMILES string of the molecule is COc1ccccc1-c1nc(CN(C)CC(=O)Nc2c(C)cc(C)cc2C)cs1. The second-order valence-corrected chi connectivity index (χ2v) is 8.20. The zero-order chi connectivity index (χ0) is 21.0. The van der Waals surface area contributed by atoms with Gasteiger partial charge in [0.15, 0.2) is 0 Å². The summed E-state index contributed by atoms with van der Waals surface area (Å²) < 4.78 is 5.43. The molecular formula is C23H27N3O2S. The molecule has 1 N–H and O–H groups in total. The fourth-order valence-electron chi connectivity index (χ4n) is 3.46. The number of nitrogens with one attached hydrogen (secondary N) is 1. The van der Waals surface area contributed by atoms with E-state index in [4.69, 9.17) is 9.72 Å². The third-order valence-corrected chi connectivity index (χ3v) is 5.60. The van der Waals surface area contributed by atoms with Gasteiger partial charge in [0, 0.05) is 17.6 Å². The molecule has 5 nitrogen and oxygen atoms in total. The fraction of sp³-hybridized carbons (Fsp3) is 0.304. The van der Waals surface area contributed by atoms with E-state index in [1.54, 1.807) is 18.4 Å². The Morgan fingerprint density at radius 3 is 2.55 bits per heavy atom. The normalized spacial score (nSPS) is 11.0. The highest BCUT2D eigenvalue weighted by molar-refractivity contribution is 7.13. The molecule has 1 aromatic heterocycles. The molecule has 0 saturated carbocycles. The van der Waals surface area contributed by atoms with E-state index in [-0.39, 0.29) is 5.91 Å². The Hall–Kier alpha value is -2.70. The number of carbonyl (C=O) groups excluding carboxylic acids is 1. The highest BCUT2D eigenvalue weighted by atomic mass is 32.1. The smallest absolute Gasteiger partial charge is 0.238 e. The quantitative estimate of drug-likeness (QED) is 0.608. The second-order valence-electron chi connectivity index (χ2n) is 7.34. The van der Waals surface area contributed by atoms with Crippen LogP contribution in [-0.2, 0) is 11.3 Å². The Kier molecular flexibility index (Phi) is 6.67. The summed E-state index contributed by atoms with van der Waals surface area (Å²) in [4.78, 5) is 19.2. The molecule has 3 rings (SSSR count). The van der Waals surface area contributed by atoms with Crippen LogP contribution in [0.5, 0.6) is 5.75 Å². The van der Waals surface area contributed by atoms with Gasteiger partial charge in [0.05, 0.1) is 24.9 Å². The van der Waals surface area contributed by atoms with Gasteiger partial charge in [0.25, 0.3) is 0 Å². The van der Waals surface area contributed by atoms with Crippen molar-refractivity contribution in [3.63, 3.8) is 0 Å². The summed E-state index contributed by atoms with van der Waals surface area (Å²) in [5.41, 5.74) is 6.19. The van der Waals surface area contributed by atoms with Crippen LogP contribution in [0.1, 0.15) is 22.4 Å². The Balaban J connectivity index is 1.62. The van der Waals surface area contributed by atoms with Crippen LogP contribution in [0.2, 0.25) is 0 Å². The summed E-state index contributed by atoms with van der Waals surface area (Å²) in [6.45, 7) is 7.01. The molecule has 1 amide bonds. The number of methoxy groups -OCH3 is 1. The van der Waals surface area contributed by atoms with E-state index in [1.807, 2.05) is 55.4 Å². The van der Waals surface area contributed by atoms with Crippen molar-refractivity contribution in [3.05, 3.63) is 64.2 Å². The largest absolute Gasteiger partial charge is 0.496 e. The third-order valence-electron chi connectivity index (χ3n) is 4.68. The number of rotatable bonds is 7. The fourth-order valence-corrected chi connectivity index (χ4v) is 4.30. The number of likely N-dealkylation sites (N-methyl/N-ethyl adjacent to an activating group) is 1. The van der Waals surface area contributed by atoms with Gasteiger partial charge in [-0.25, -0.2) is 4.98 Å². The Morgan fingerprint density at radius 1 is 1.17 bits per heavy atom. The van der Waals surface area contributed by atoms with E-state index >= 15 is 0 Å². The van der Waals surface area contributed by atoms with Gasteiger partial charge in [-0.1, -0.05) is 29.8 Å². The maximum absolute atomic E-state index is 12.5. The molecule has 0 bridgehead atoms. The topological polar surface area (TPSA) is 54.5 Å². The number of benzene rings is 2. The summed E-state index contributed by atoms with van der Waals surface area (Å²) in [5, 5.41) is 6.00. The monoisotopic (exact) mass is 409 g/mol. The molecule has 29 heavy (non-hydrogen) atoms. The lowest BCUT2D eigenvalue weighted by atomic mass is 10.1. The van der Waals surface area contributed by atoms with Gasteiger partial charge in [0.2, 0.25) is 5.91 Å². The lowest BCUT2D eigenvalue weighted by Crippen LogP contribution is -2.30. The van der Waals surface area contributed by atoms with Gasteiger partial charge in [-0.3, -0.25) is 9.69 Å². The summed E-state index contributed by atoms with van der Waals surface area (Å²) in [6.07, 6.45) is 0. The van der Waals surface area contributed by atoms with Crippen molar-refractivity contribution in [2.75, 3.05) is 26.0 Å². The van der Waals surface area contributed by atoms with Crippen LogP contribution in [0, 0.1) is 20.8 Å². The van der Waals surface area contributed by atoms with Crippen molar-refractivity contribution in [3.8, 4) is 16.3 Å². The van der Waals surface area contributed by atoms with Gasteiger partial charge >= 0.3 is 0 Å². The maximum atomic E-state index is 12.5. The van der Waals surface area contributed by atoms with Crippen LogP contribution in [0.15, 0.2) is 41.8 Å². The van der Waals surface area contributed by atoms with Crippen molar-refractivity contribution in [1.29, 1.82) is 0 Å². The van der Waals surface area contributed by atoms with Gasteiger partial charge < -0.3 is 10.1 Å². The van der Waals surface area contributed by atoms with Gasteiger partial charge in [-0.15, -0.1) is 11.3 Å². The van der Waals surface area contributed by atoms with E-state index in [2.05, 4.69) is 24.4 Å². The van der Waals surface area contributed by atoms with Crippen LogP contribution in [-0.4, -0.2) is 36.5 Å². The molecular weight excluding hydrogens is 382 g/mol. The zero-order valence-electron chi connectivity index (χ0n) is 17.6. The molecule has 152 valence electrons. The highest BCUT2D eigenvalue weighted by Gasteiger charge is 2.14. The van der Waals surface area contributed by atoms with E-state index in [0.29, 0.717) is 13.1 Å². The standard InChI is InChI=1S/C23H27N3O2S/c1-15-10-16(2)22(17(3)11-15)25-21(27)13-26(4)12-18-14-29-23(24-18)19-8-6-7-9-20(19)28-5/h6-11,14H,12-13H2,1-5H3,(H,25,27). The van der Waals surface area contributed by atoms with Crippen LogP contribution in [0.3, 0.4) is 0 Å². The second kappa shape index (κ2) is 9.20. The average molecular weight is 410 g/mol. The minimum atomic E-state index is -0.0252. The van der Waals surface area contributed by atoms with Gasteiger partial charge in [-0.2, -0.15) is 0 Å². The highest BCUT2D eigenvalue weighted by Crippen LogP contribution is 2.32. The molecule has 6 heteroatoms. The summed E-state index contributed by atoms with van der Waals surface area (Å²) in [6, 6.07) is 12.0. The first-order valence-corrected chi connectivity index (χ1v) is 10.4. The molecule has 0 radical (unpaired) electrons. The van der Waals surface area contributed by atoms with E-state index in [1.165, 1.54) is 5.56 Å². The number of nitrogens with zero attached hydrogens (tertiary/aromatic N) is 2. The van der Waals surface area contributed by atoms with Gasteiger partial charge in [0.1, 0.15) is 10.8 Å². The number of amides is 1. The molecule has 0 atom stereocenters. The number of aryl methyl sites for hydroxylation is 3. The van der Waals surface area contributed by atoms with E-state index in [9.17, 15) is 4.79 Å². The molecule has 0 unspecified atom stereocenters. The van der Waals surface area contributed by atoms with Crippen molar-refractivity contribution >= 4 is 22.9 Å². The van der Waals surface area contributed by atoms with Crippen molar-refractivity contribution in [2.24, 2.45) is 0 Å².